The van der Waals surface area contributed by atoms with Gasteiger partial charge in [0.2, 0.25) is 0 Å². The number of allylic oxidation sites excluding steroid dienone is 4. The van der Waals surface area contributed by atoms with Crippen LogP contribution in [0, 0.1) is 12.8 Å². The normalized spacial score (nSPS) is 13.5. The summed E-state index contributed by atoms with van der Waals surface area (Å²) in [5, 5.41) is 0. The Morgan fingerprint density at radius 3 is 2.54 bits per heavy atom. The van der Waals surface area contributed by atoms with Crippen molar-refractivity contribution in [2.45, 2.75) is 60.8 Å². The molecule has 0 amide bonds. The lowest BCUT2D eigenvalue weighted by Crippen LogP contribution is -1.98. The molecule has 0 fully saturated rings. The number of benzene rings is 1. The molecule has 0 saturated carbocycles. The van der Waals surface area contributed by atoms with Crippen LogP contribution < -0.4 is 0 Å². The van der Waals surface area contributed by atoms with Gasteiger partial charge in [-0.2, -0.15) is 0 Å². The van der Waals surface area contributed by atoms with E-state index in [2.05, 4.69) is 76.5 Å². The van der Waals surface area contributed by atoms with Gasteiger partial charge in [0.15, 0.2) is 0 Å². The van der Waals surface area contributed by atoms with Gasteiger partial charge in [-0.25, -0.2) is 0 Å². The van der Waals surface area contributed by atoms with E-state index in [1.165, 1.54) is 22.3 Å². The molecule has 0 aliphatic carbocycles. The number of aliphatic imine (C=N–C) groups is 1. The number of hydrogen-bond donors (Lipinski definition) is 0. The molecular weight excluding hydrogens is 290 g/mol. The fourth-order valence-corrected chi connectivity index (χ4v) is 2.76. The van der Waals surface area contributed by atoms with E-state index < -0.39 is 0 Å². The summed E-state index contributed by atoms with van der Waals surface area (Å²) in [5.41, 5.74) is 7.42. The minimum Gasteiger partial charge on any atom is -0.261 e. The third-order valence-corrected chi connectivity index (χ3v) is 4.29. The van der Waals surface area contributed by atoms with Crippen molar-refractivity contribution in [1.82, 2.24) is 0 Å². The highest BCUT2D eigenvalue weighted by Crippen LogP contribution is 2.24. The summed E-state index contributed by atoms with van der Waals surface area (Å²) >= 11 is 0. The fourth-order valence-electron chi connectivity index (χ4n) is 2.76. The largest absolute Gasteiger partial charge is 0.261 e. The number of aryl methyl sites for hydroxylation is 1. The standard InChI is InChI=1S/C23H33N/c1-8-11-22(17(3)4)16-23(24-9-2)20(7)19(6)15-21-13-10-12-18(5)14-21/h9-10,12-14,16-17H,6,8,11,15H2,1-5,7H3/b22-16-,23-20-,24-9?. The maximum Gasteiger partial charge on any atom is 0.0657 e. The second-order valence-corrected chi connectivity index (χ2v) is 6.79. The van der Waals surface area contributed by atoms with Crippen LogP contribution in [0.25, 0.3) is 0 Å². The first-order valence-electron chi connectivity index (χ1n) is 9.02. The quantitative estimate of drug-likeness (QED) is 0.367. The van der Waals surface area contributed by atoms with Crippen molar-refractivity contribution in [2.75, 3.05) is 0 Å². The molecule has 1 rings (SSSR count). The molecule has 0 bridgehead atoms. The van der Waals surface area contributed by atoms with Crippen LogP contribution in [0.5, 0.6) is 0 Å². The molecule has 130 valence electrons. The van der Waals surface area contributed by atoms with Crippen LogP contribution in [0.15, 0.2) is 64.3 Å². The lowest BCUT2D eigenvalue weighted by atomic mass is 9.94. The lowest BCUT2D eigenvalue weighted by molar-refractivity contribution is 0.700. The summed E-state index contributed by atoms with van der Waals surface area (Å²) in [5.74, 6) is 0.546. The van der Waals surface area contributed by atoms with E-state index in [4.69, 9.17) is 0 Å². The smallest absolute Gasteiger partial charge is 0.0657 e. The minimum atomic E-state index is 0.546. The molecule has 0 spiro atoms. The van der Waals surface area contributed by atoms with E-state index in [0.29, 0.717) is 5.92 Å². The zero-order chi connectivity index (χ0) is 18.1. The number of hydrogen-bond acceptors (Lipinski definition) is 1. The molecule has 0 radical (unpaired) electrons. The lowest BCUT2D eigenvalue weighted by Gasteiger charge is -2.14. The second-order valence-electron chi connectivity index (χ2n) is 6.79. The molecule has 0 aromatic heterocycles. The zero-order valence-electron chi connectivity index (χ0n) is 16.3. The first-order valence-corrected chi connectivity index (χ1v) is 9.02. The molecule has 0 N–H and O–H groups in total. The molecule has 1 heteroatoms. The molecule has 0 aliphatic heterocycles. The SMILES string of the molecule is C=C(Cc1cccc(C)c1)/C(C)=C(/C=C(/CCC)C(C)C)N=CC. The Morgan fingerprint density at radius 1 is 1.29 bits per heavy atom. The Kier molecular flexibility index (Phi) is 8.46. The van der Waals surface area contributed by atoms with Crippen molar-refractivity contribution in [3.8, 4) is 0 Å². The summed E-state index contributed by atoms with van der Waals surface area (Å²) in [7, 11) is 0. The van der Waals surface area contributed by atoms with Crippen LogP contribution in [0.4, 0.5) is 0 Å². The molecule has 1 nitrogen and oxygen atoms in total. The van der Waals surface area contributed by atoms with Crippen LogP contribution in [-0.4, -0.2) is 6.21 Å². The van der Waals surface area contributed by atoms with E-state index in [9.17, 15) is 0 Å². The van der Waals surface area contributed by atoms with Gasteiger partial charge in [0.05, 0.1) is 5.70 Å². The maximum atomic E-state index is 4.63. The summed E-state index contributed by atoms with van der Waals surface area (Å²) in [6.07, 6.45) is 7.30. The van der Waals surface area contributed by atoms with Crippen LogP contribution in [0.1, 0.15) is 58.6 Å². The van der Waals surface area contributed by atoms with E-state index in [-0.39, 0.29) is 0 Å². The van der Waals surface area contributed by atoms with Gasteiger partial charge in [0.25, 0.3) is 0 Å². The van der Waals surface area contributed by atoms with Gasteiger partial charge < -0.3 is 0 Å². The van der Waals surface area contributed by atoms with Crippen LogP contribution in [0.2, 0.25) is 0 Å². The van der Waals surface area contributed by atoms with Crippen LogP contribution in [-0.2, 0) is 6.42 Å². The number of nitrogens with zero attached hydrogens (tertiary/aromatic N) is 1. The van der Waals surface area contributed by atoms with Gasteiger partial charge in [-0.15, -0.1) is 0 Å². The predicted octanol–water partition coefficient (Wildman–Crippen LogP) is 6.84. The van der Waals surface area contributed by atoms with Crippen molar-refractivity contribution in [3.05, 3.63) is 70.5 Å². The third-order valence-electron chi connectivity index (χ3n) is 4.29. The van der Waals surface area contributed by atoms with Crippen LogP contribution in [0.3, 0.4) is 0 Å². The summed E-state index contributed by atoms with van der Waals surface area (Å²) in [6.45, 7) is 17.3. The predicted molar refractivity (Wildman–Crippen MR) is 109 cm³/mol. The van der Waals surface area contributed by atoms with Gasteiger partial charge in [-0.05, 0) is 62.3 Å². The molecular formula is C23H33N. The van der Waals surface area contributed by atoms with Gasteiger partial charge in [-0.1, -0.05) is 69.2 Å². The Labute approximate surface area is 148 Å². The molecule has 24 heavy (non-hydrogen) atoms. The van der Waals surface area contributed by atoms with E-state index in [1.54, 1.807) is 0 Å². The molecule has 0 aliphatic rings. The first kappa shape index (κ1) is 20.2. The van der Waals surface area contributed by atoms with Crippen molar-refractivity contribution < 1.29 is 0 Å². The monoisotopic (exact) mass is 323 g/mol. The Morgan fingerprint density at radius 2 is 2.00 bits per heavy atom. The van der Waals surface area contributed by atoms with Crippen molar-refractivity contribution in [1.29, 1.82) is 0 Å². The third kappa shape index (κ3) is 6.31. The molecule has 1 aromatic carbocycles. The highest BCUT2D eigenvalue weighted by Gasteiger charge is 2.08. The average Bonchev–Trinajstić information content (AvgIpc) is 2.52. The van der Waals surface area contributed by atoms with Gasteiger partial charge in [0.1, 0.15) is 0 Å². The Bertz CT molecular complexity index is 642. The van der Waals surface area contributed by atoms with Gasteiger partial charge >= 0.3 is 0 Å². The van der Waals surface area contributed by atoms with Gasteiger partial charge in [0, 0.05) is 6.21 Å². The maximum absolute atomic E-state index is 4.63. The first-order chi connectivity index (χ1) is 11.4. The van der Waals surface area contributed by atoms with Gasteiger partial charge in [-0.3, -0.25) is 4.99 Å². The topological polar surface area (TPSA) is 12.4 Å². The summed E-state index contributed by atoms with van der Waals surface area (Å²) in [6, 6.07) is 8.64. The zero-order valence-corrected chi connectivity index (χ0v) is 16.3. The van der Waals surface area contributed by atoms with E-state index >= 15 is 0 Å². The van der Waals surface area contributed by atoms with E-state index in [0.717, 1.165) is 30.5 Å². The molecule has 0 saturated heterocycles. The molecule has 0 atom stereocenters. The molecule has 0 heterocycles. The van der Waals surface area contributed by atoms with E-state index in [1.807, 2.05) is 13.1 Å². The highest BCUT2D eigenvalue weighted by molar-refractivity contribution is 5.58. The Hall–Kier alpha value is -1.89. The molecule has 0 unspecified atom stereocenters. The van der Waals surface area contributed by atoms with Crippen molar-refractivity contribution in [3.63, 3.8) is 0 Å². The molecule has 1 aromatic rings. The van der Waals surface area contributed by atoms with Crippen molar-refractivity contribution in [2.24, 2.45) is 10.9 Å². The highest BCUT2D eigenvalue weighted by atomic mass is 14.7. The summed E-state index contributed by atoms with van der Waals surface area (Å²) < 4.78 is 0. The average molecular weight is 324 g/mol. The second kappa shape index (κ2) is 10.1. The number of rotatable bonds is 8. The summed E-state index contributed by atoms with van der Waals surface area (Å²) in [4.78, 5) is 4.63. The fraction of sp³-hybridized carbons (Fsp3) is 0.435. The van der Waals surface area contributed by atoms with Crippen LogP contribution >= 0.6 is 0 Å². The Balaban J connectivity index is 3.14. The van der Waals surface area contributed by atoms with Crippen molar-refractivity contribution >= 4 is 6.21 Å². The minimum absolute atomic E-state index is 0.546.